The Morgan fingerprint density at radius 1 is 1.19 bits per heavy atom. The topological polar surface area (TPSA) is 50.2 Å². The van der Waals surface area contributed by atoms with Crippen LogP contribution in [0.5, 0.6) is 0 Å². The molecule has 2 aromatic rings. The smallest absolute Gasteiger partial charge is 0.335 e. The molecule has 16 heavy (non-hydrogen) atoms. The van der Waals surface area contributed by atoms with E-state index in [9.17, 15) is 4.79 Å². The molecule has 2 heterocycles. The molecule has 4 heteroatoms. The average Bonchev–Trinajstić information content (AvgIpc) is 2.66. The van der Waals surface area contributed by atoms with Crippen molar-refractivity contribution < 1.29 is 9.90 Å². The number of fused-ring (bicyclic) bond motifs is 3. The number of aromatic carboxylic acids is 1. The second kappa shape index (κ2) is 3.20. The summed E-state index contributed by atoms with van der Waals surface area (Å²) in [7, 11) is 0.777. The van der Waals surface area contributed by atoms with Gasteiger partial charge in [-0.25, -0.2) is 4.79 Å². The van der Waals surface area contributed by atoms with Gasteiger partial charge in [0.25, 0.3) is 0 Å². The Labute approximate surface area is 93.0 Å². The van der Waals surface area contributed by atoms with Gasteiger partial charge in [-0.15, -0.1) is 0 Å². The molecule has 3 nitrogen and oxygen atoms in total. The molecule has 0 fully saturated rings. The van der Waals surface area contributed by atoms with Crippen LogP contribution in [0, 0.1) is 0 Å². The number of hydrogen-bond acceptors (Lipinski definition) is 2. The number of carbonyl (C=O) groups is 1. The molecule has 0 aliphatic carbocycles. The van der Waals surface area contributed by atoms with Gasteiger partial charge in [-0.2, -0.15) is 0 Å². The summed E-state index contributed by atoms with van der Waals surface area (Å²) in [5, 5.41) is 8.92. The number of carboxylic acid groups (broad SMARTS) is 1. The van der Waals surface area contributed by atoms with Crippen molar-refractivity contribution in [1.29, 1.82) is 0 Å². The van der Waals surface area contributed by atoms with E-state index in [0.29, 0.717) is 5.56 Å². The maximum Gasteiger partial charge on any atom is 0.335 e. The van der Waals surface area contributed by atoms with Crippen LogP contribution in [0.4, 0.5) is 0 Å². The van der Waals surface area contributed by atoms with Gasteiger partial charge in [-0.05, 0) is 23.3 Å². The Morgan fingerprint density at radius 3 is 2.81 bits per heavy atom. The Hall–Kier alpha value is -2.10. The second-order valence-electron chi connectivity index (χ2n) is 3.89. The molecule has 0 radical (unpaired) electrons. The molecular formula is C12H8BNO2. The van der Waals surface area contributed by atoms with Gasteiger partial charge in [-0.1, -0.05) is 23.1 Å². The molecule has 0 atom stereocenters. The van der Waals surface area contributed by atoms with Crippen LogP contribution in [0.2, 0.25) is 0 Å². The summed E-state index contributed by atoms with van der Waals surface area (Å²) in [6, 6.07) is 7.25. The summed E-state index contributed by atoms with van der Waals surface area (Å²) < 4.78 is 0. The summed E-state index contributed by atoms with van der Waals surface area (Å²) in [5.74, 6) is -0.878. The summed E-state index contributed by atoms with van der Waals surface area (Å²) in [6.07, 6.45) is 3.61. The molecule has 3 rings (SSSR count). The van der Waals surface area contributed by atoms with Crippen LogP contribution in [0.1, 0.15) is 10.4 Å². The molecule has 1 aromatic heterocycles. The minimum absolute atomic E-state index is 0.347. The zero-order valence-electron chi connectivity index (χ0n) is 8.47. The molecule has 76 valence electrons. The first kappa shape index (κ1) is 9.15. The van der Waals surface area contributed by atoms with Crippen LogP contribution < -0.4 is 10.9 Å². The fourth-order valence-electron chi connectivity index (χ4n) is 2.17. The third-order valence-electron chi connectivity index (χ3n) is 2.93. The summed E-state index contributed by atoms with van der Waals surface area (Å²) in [4.78, 5) is 14.9. The van der Waals surface area contributed by atoms with Crippen molar-refractivity contribution in [1.82, 2.24) is 4.98 Å². The van der Waals surface area contributed by atoms with Crippen molar-refractivity contribution in [2.75, 3.05) is 0 Å². The van der Waals surface area contributed by atoms with Gasteiger partial charge in [0, 0.05) is 12.4 Å². The van der Waals surface area contributed by atoms with E-state index in [1.54, 1.807) is 18.3 Å². The van der Waals surface area contributed by atoms with Crippen molar-refractivity contribution in [2.45, 2.75) is 0 Å². The van der Waals surface area contributed by atoms with E-state index in [1.165, 1.54) is 11.0 Å². The van der Waals surface area contributed by atoms with Gasteiger partial charge in [0.15, 0.2) is 7.28 Å². The van der Waals surface area contributed by atoms with Crippen molar-refractivity contribution in [3.8, 4) is 11.1 Å². The summed E-state index contributed by atoms with van der Waals surface area (Å²) in [6.45, 7) is 0. The van der Waals surface area contributed by atoms with Crippen LogP contribution >= 0.6 is 0 Å². The minimum atomic E-state index is -0.878. The highest BCUT2D eigenvalue weighted by atomic mass is 16.4. The zero-order chi connectivity index (χ0) is 11.1. The summed E-state index contributed by atoms with van der Waals surface area (Å²) >= 11 is 0. The van der Waals surface area contributed by atoms with Crippen LogP contribution in [0.25, 0.3) is 11.1 Å². The Morgan fingerprint density at radius 2 is 2.00 bits per heavy atom. The first-order valence-corrected chi connectivity index (χ1v) is 5.05. The van der Waals surface area contributed by atoms with Crippen LogP contribution in [0.15, 0.2) is 36.7 Å². The number of hydrogen-bond donors (Lipinski definition) is 1. The largest absolute Gasteiger partial charge is 0.478 e. The predicted molar refractivity (Wildman–Crippen MR) is 63.0 cm³/mol. The number of carboxylic acids is 1. The standard InChI is InChI=1S/C12H8BNO2/c15-12(16)7-1-2-8-9-3-4-14-6-11(9)13-10(8)5-7/h1-6,13H,(H,15,16). The molecule has 0 unspecified atom stereocenters. The lowest BCUT2D eigenvalue weighted by Gasteiger charge is -2.01. The van der Waals surface area contributed by atoms with E-state index in [4.69, 9.17) is 5.11 Å². The van der Waals surface area contributed by atoms with Crippen LogP contribution in [0.3, 0.4) is 0 Å². The monoisotopic (exact) mass is 209 g/mol. The van der Waals surface area contributed by atoms with Crippen molar-refractivity contribution in [3.63, 3.8) is 0 Å². The molecule has 0 saturated carbocycles. The number of aromatic nitrogens is 1. The molecule has 1 aromatic carbocycles. The van der Waals surface area contributed by atoms with Gasteiger partial charge in [0.05, 0.1) is 5.56 Å². The van der Waals surface area contributed by atoms with E-state index in [0.717, 1.165) is 18.3 Å². The van der Waals surface area contributed by atoms with Crippen molar-refractivity contribution in [3.05, 3.63) is 42.2 Å². The van der Waals surface area contributed by atoms with Gasteiger partial charge in [0.2, 0.25) is 0 Å². The van der Waals surface area contributed by atoms with E-state index in [-0.39, 0.29) is 0 Å². The fraction of sp³-hybridized carbons (Fsp3) is 0. The van der Waals surface area contributed by atoms with Crippen molar-refractivity contribution >= 4 is 24.2 Å². The van der Waals surface area contributed by atoms with Gasteiger partial charge in [0.1, 0.15) is 0 Å². The number of benzene rings is 1. The van der Waals surface area contributed by atoms with E-state index >= 15 is 0 Å². The van der Waals surface area contributed by atoms with E-state index in [1.807, 2.05) is 18.3 Å². The Bertz CT molecular complexity index is 595. The third-order valence-corrected chi connectivity index (χ3v) is 2.93. The fourth-order valence-corrected chi connectivity index (χ4v) is 2.17. The SMILES string of the molecule is O=C(O)c1ccc2c(c1)Bc1cnccc1-2. The highest BCUT2D eigenvalue weighted by Gasteiger charge is 2.20. The molecule has 0 spiro atoms. The first-order chi connectivity index (χ1) is 7.75. The normalized spacial score (nSPS) is 11.5. The zero-order valence-corrected chi connectivity index (χ0v) is 8.47. The third kappa shape index (κ3) is 1.23. The lowest BCUT2D eigenvalue weighted by molar-refractivity contribution is 0.0697. The minimum Gasteiger partial charge on any atom is -0.478 e. The molecular weight excluding hydrogens is 201 g/mol. The Balaban J connectivity index is 2.18. The average molecular weight is 209 g/mol. The predicted octanol–water partition coefficient (Wildman–Crippen LogP) is 0.147. The van der Waals surface area contributed by atoms with Crippen LogP contribution in [-0.4, -0.2) is 23.3 Å². The maximum absolute atomic E-state index is 10.9. The molecule has 0 saturated heterocycles. The highest BCUT2D eigenvalue weighted by molar-refractivity contribution is 6.73. The lowest BCUT2D eigenvalue weighted by Crippen LogP contribution is -2.21. The number of pyridine rings is 1. The number of rotatable bonds is 1. The molecule has 0 bridgehead atoms. The summed E-state index contributed by atoms with van der Waals surface area (Å²) in [5.41, 5.74) is 4.88. The quantitative estimate of drug-likeness (QED) is 0.580. The van der Waals surface area contributed by atoms with Gasteiger partial charge < -0.3 is 5.11 Å². The first-order valence-electron chi connectivity index (χ1n) is 5.05. The maximum atomic E-state index is 10.9. The molecule has 1 aliphatic heterocycles. The van der Waals surface area contributed by atoms with E-state index < -0.39 is 5.97 Å². The molecule has 0 amide bonds. The lowest BCUT2D eigenvalue weighted by atomic mass is 9.68. The van der Waals surface area contributed by atoms with Crippen LogP contribution in [-0.2, 0) is 0 Å². The Kier molecular flexibility index (Phi) is 1.83. The molecule has 1 N–H and O–H groups in total. The van der Waals surface area contributed by atoms with Crippen molar-refractivity contribution in [2.24, 2.45) is 0 Å². The molecule has 1 aliphatic rings. The van der Waals surface area contributed by atoms with Gasteiger partial charge in [-0.3, -0.25) is 4.98 Å². The van der Waals surface area contributed by atoms with Gasteiger partial charge >= 0.3 is 5.97 Å². The van der Waals surface area contributed by atoms with E-state index in [2.05, 4.69) is 4.98 Å². The highest BCUT2D eigenvalue weighted by Crippen LogP contribution is 2.19. The second-order valence-corrected chi connectivity index (χ2v) is 3.89. The number of nitrogens with zero attached hydrogens (tertiary/aromatic N) is 1.